The second-order valence-corrected chi connectivity index (χ2v) is 4.54. The predicted molar refractivity (Wildman–Crippen MR) is 77.7 cm³/mol. The van der Waals surface area contributed by atoms with Crippen LogP contribution in [0.2, 0.25) is 0 Å². The Morgan fingerprint density at radius 2 is 1.95 bits per heavy atom. The third-order valence-corrected chi connectivity index (χ3v) is 2.78. The van der Waals surface area contributed by atoms with Crippen molar-refractivity contribution < 1.29 is 19.4 Å². The fraction of sp³-hybridized carbons (Fsp3) is 0.429. The molecule has 0 aliphatic carbocycles. The van der Waals surface area contributed by atoms with Gasteiger partial charge >= 0.3 is 0 Å². The number of carbonyl (C=O) groups is 2. The third-order valence-electron chi connectivity index (χ3n) is 2.78. The van der Waals surface area contributed by atoms with Crippen molar-refractivity contribution in [3.8, 4) is 5.75 Å². The molecule has 0 saturated carbocycles. The van der Waals surface area contributed by atoms with Crippen LogP contribution in [-0.2, 0) is 20.7 Å². The number of benzene rings is 1. The lowest BCUT2D eigenvalue weighted by atomic mass is 10.1. The number of amides is 2. The fourth-order valence-corrected chi connectivity index (χ4v) is 1.63. The maximum Gasteiger partial charge on any atom is 0.239 e. The predicted octanol–water partition coefficient (Wildman–Crippen LogP) is -0.859. The highest BCUT2D eigenvalue weighted by Crippen LogP contribution is 2.10. The highest BCUT2D eigenvalue weighted by molar-refractivity contribution is 5.87. The first-order chi connectivity index (χ1) is 10.0. The number of phenolic OH excluding ortho intramolecular Hbond substituents is 1. The zero-order chi connectivity index (χ0) is 15.7. The van der Waals surface area contributed by atoms with Crippen molar-refractivity contribution in [2.75, 3.05) is 26.8 Å². The van der Waals surface area contributed by atoms with Gasteiger partial charge in [-0.15, -0.1) is 0 Å². The number of nitrogens with two attached hydrogens (primary N) is 1. The summed E-state index contributed by atoms with van der Waals surface area (Å²) in [6.45, 7) is 0.691. The van der Waals surface area contributed by atoms with Crippen molar-refractivity contribution in [2.45, 2.75) is 12.5 Å². The summed E-state index contributed by atoms with van der Waals surface area (Å²) < 4.78 is 4.79. The van der Waals surface area contributed by atoms with Crippen molar-refractivity contribution in [3.63, 3.8) is 0 Å². The van der Waals surface area contributed by atoms with E-state index in [1.54, 1.807) is 12.1 Å². The molecule has 0 unspecified atom stereocenters. The second-order valence-electron chi connectivity index (χ2n) is 4.54. The van der Waals surface area contributed by atoms with E-state index in [0.29, 0.717) is 19.6 Å². The van der Waals surface area contributed by atoms with Crippen LogP contribution >= 0.6 is 0 Å². The van der Waals surface area contributed by atoms with Crippen LogP contribution in [0.25, 0.3) is 0 Å². The van der Waals surface area contributed by atoms with Gasteiger partial charge in [-0.25, -0.2) is 0 Å². The van der Waals surface area contributed by atoms with Gasteiger partial charge in [0.2, 0.25) is 11.8 Å². The smallest absolute Gasteiger partial charge is 0.239 e. The van der Waals surface area contributed by atoms with Crippen molar-refractivity contribution in [3.05, 3.63) is 29.8 Å². The van der Waals surface area contributed by atoms with Crippen LogP contribution in [0.3, 0.4) is 0 Å². The van der Waals surface area contributed by atoms with E-state index in [9.17, 15) is 14.7 Å². The van der Waals surface area contributed by atoms with E-state index in [0.717, 1.165) is 5.56 Å². The lowest BCUT2D eigenvalue weighted by molar-refractivity contribution is -0.126. The molecule has 2 amide bonds. The van der Waals surface area contributed by atoms with Crippen LogP contribution in [0, 0.1) is 0 Å². The molecule has 0 aliphatic heterocycles. The first-order valence-electron chi connectivity index (χ1n) is 6.59. The Morgan fingerprint density at radius 3 is 2.57 bits per heavy atom. The van der Waals surface area contributed by atoms with E-state index in [1.165, 1.54) is 19.2 Å². The molecule has 1 aromatic carbocycles. The van der Waals surface area contributed by atoms with Gasteiger partial charge in [-0.05, 0) is 24.1 Å². The van der Waals surface area contributed by atoms with E-state index in [1.807, 2.05) is 0 Å². The molecule has 21 heavy (non-hydrogen) atoms. The molecule has 0 heterocycles. The minimum atomic E-state index is -0.749. The largest absolute Gasteiger partial charge is 0.508 e. The maximum atomic E-state index is 11.8. The number of hydrogen-bond donors (Lipinski definition) is 4. The number of carbonyl (C=O) groups excluding carboxylic acids is 2. The molecule has 1 aromatic rings. The van der Waals surface area contributed by atoms with Crippen molar-refractivity contribution in [1.82, 2.24) is 10.6 Å². The summed E-state index contributed by atoms with van der Waals surface area (Å²) in [4.78, 5) is 23.1. The third kappa shape index (κ3) is 6.73. The first-order valence-corrected chi connectivity index (χ1v) is 6.59. The zero-order valence-corrected chi connectivity index (χ0v) is 12.0. The van der Waals surface area contributed by atoms with Gasteiger partial charge in [-0.3, -0.25) is 9.59 Å². The molecule has 116 valence electrons. The second kappa shape index (κ2) is 8.93. The topological polar surface area (TPSA) is 114 Å². The highest BCUT2D eigenvalue weighted by atomic mass is 16.5. The van der Waals surface area contributed by atoms with Gasteiger partial charge in [-0.1, -0.05) is 12.1 Å². The lowest BCUT2D eigenvalue weighted by Gasteiger charge is -2.12. The van der Waals surface area contributed by atoms with Crippen LogP contribution in [0.5, 0.6) is 5.75 Å². The SMILES string of the molecule is COCCNC(=O)CNC(=O)[C@H](N)Cc1ccc(O)cc1. The zero-order valence-electron chi connectivity index (χ0n) is 12.0. The summed E-state index contributed by atoms with van der Waals surface area (Å²) in [5.74, 6) is -0.535. The fourth-order valence-electron chi connectivity index (χ4n) is 1.63. The monoisotopic (exact) mass is 295 g/mol. The Bertz CT molecular complexity index is 462. The van der Waals surface area contributed by atoms with Gasteiger partial charge in [0.1, 0.15) is 5.75 Å². The van der Waals surface area contributed by atoms with Gasteiger partial charge < -0.3 is 26.2 Å². The van der Waals surface area contributed by atoms with Crippen LogP contribution in [0.15, 0.2) is 24.3 Å². The van der Waals surface area contributed by atoms with E-state index in [2.05, 4.69) is 10.6 Å². The number of rotatable bonds is 8. The van der Waals surface area contributed by atoms with E-state index >= 15 is 0 Å². The number of aromatic hydroxyl groups is 1. The maximum absolute atomic E-state index is 11.8. The highest BCUT2D eigenvalue weighted by Gasteiger charge is 2.14. The molecule has 1 rings (SSSR count). The minimum Gasteiger partial charge on any atom is -0.508 e. The number of hydrogen-bond acceptors (Lipinski definition) is 5. The van der Waals surface area contributed by atoms with E-state index in [4.69, 9.17) is 10.5 Å². The minimum absolute atomic E-state index is 0.119. The summed E-state index contributed by atoms with van der Waals surface area (Å²) >= 11 is 0. The molecule has 0 radical (unpaired) electrons. The lowest BCUT2D eigenvalue weighted by Crippen LogP contribution is -2.46. The Labute approximate surface area is 123 Å². The normalized spacial score (nSPS) is 11.7. The number of methoxy groups -OCH3 is 1. The number of nitrogens with one attached hydrogen (secondary N) is 2. The standard InChI is InChI=1S/C14H21N3O4/c1-21-7-6-16-13(19)9-17-14(20)12(15)8-10-2-4-11(18)5-3-10/h2-5,12,18H,6-9,15H2,1H3,(H,16,19)(H,17,20)/t12-/m1/s1. The molecule has 1 atom stereocenters. The molecule has 0 fully saturated rings. The van der Waals surface area contributed by atoms with Crippen LogP contribution < -0.4 is 16.4 Å². The van der Waals surface area contributed by atoms with Crippen molar-refractivity contribution in [2.24, 2.45) is 5.73 Å². The van der Waals surface area contributed by atoms with Crippen LogP contribution in [-0.4, -0.2) is 49.8 Å². The van der Waals surface area contributed by atoms with Gasteiger partial charge in [0.25, 0.3) is 0 Å². The molecule has 0 spiro atoms. The van der Waals surface area contributed by atoms with Crippen molar-refractivity contribution in [1.29, 1.82) is 0 Å². The summed E-state index contributed by atoms with van der Waals surface area (Å²) in [7, 11) is 1.54. The summed E-state index contributed by atoms with van der Waals surface area (Å²) in [5.41, 5.74) is 6.60. The summed E-state index contributed by atoms with van der Waals surface area (Å²) in [5, 5.41) is 14.2. The Morgan fingerprint density at radius 1 is 1.29 bits per heavy atom. The van der Waals surface area contributed by atoms with Crippen LogP contribution in [0.1, 0.15) is 5.56 Å². The molecule has 0 aromatic heterocycles. The molecular formula is C14H21N3O4. The van der Waals surface area contributed by atoms with Crippen molar-refractivity contribution >= 4 is 11.8 Å². The molecule has 5 N–H and O–H groups in total. The van der Waals surface area contributed by atoms with Gasteiger partial charge in [0.05, 0.1) is 19.2 Å². The Balaban J connectivity index is 2.30. The van der Waals surface area contributed by atoms with E-state index in [-0.39, 0.29) is 18.2 Å². The molecule has 7 nitrogen and oxygen atoms in total. The quantitative estimate of drug-likeness (QED) is 0.466. The molecule has 0 bridgehead atoms. The molecular weight excluding hydrogens is 274 g/mol. The van der Waals surface area contributed by atoms with Gasteiger partial charge in [-0.2, -0.15) is 0 Å². The average molecular weight is 295 g/mol. The number of phenols is 1. The number of ether oxygens (including phenoxy) is 1. The van der Waals surface area contributed by atoms with E-state index < -0.39 is 11.9 Å². The molecule has 0 saturated heterocycles. The molecule has 0 aliphatic rings. The Hall–Kier alpha value is -2.12. The van der Waals surface area contributed by atoms with Crippen LogP contribution in [0.4, 0.5) is 0 Å². The summed E-state index contributed by atoms with van der Waals surface area (Å²) in [6.07, 6.45) is 0.331. The first kappa shape index (κ1) is 16.9. The average Bonchev–Trinajstić information content (AvgIpc) is 2.47. The van der Waals surface area contributed by atoms with Gasteiger partial charge in [0.15, 0.2) is 0 Å². The summed E-state index contributed by atoms with van der Waals surface area (Å²) in [6, 6.07) is 5.70. The molecule has 7 heteroatoms. The van der Waals surface area contributed by atoms with Gasteiger partial charge in [0, 0.05) is 13.7 Å². The Kier molecular flexibility index (Phi) is 7.20.